The van der Waals surface area contributed by atoms with E-state index in [1.807, 2.05) is 40.3 Å². The van der Waals surface area contributed by atoms with Crippen molar-refractivity contribution in [3.05, 3.63) is 48.7 Å². The van der Waals surface area contributed by atoms with Crippen LogP contribution in [0.15, 0.2) is 48.7 Å². The van der Waals surface area contributed by atoms with E-state index in [-0.39, 0.29) is 12.1 Å². The van der Waals surface area contributed by atoms with E-state index < -0.39 is 0 Å². The highest BCUT2D eigenvalue weighted by Crippen LogP contribution is 2.36. The van der Waals surface area contributed by atoms with Crippen LogP contribution in [0.2, 0.25) is 0 Å². The third-order valence-corrected chi connectivity index (χ3v) is 5.32. The van der Waals surface area contributed by atoms with E-state index >= 15 is 0 Å². The SMILES string of the molecule is CCN1C(=O)N(c2ccc(-c3ccccc3)cn2)C2CCCCC21. The Labute approximate surface area is 143 Å². The molecule has 0 radical (unpaired) electrons. The third kappa shape index (κ3) is 2.46. The summed E-state index contributed by atoms with van der Waals surface area (Å²) in [5.41, 5.74) is 2.23. The molecule has 2 aliphatic rings. The largest absolute Gasteiger partial charge is 0.326 e. The summed E-state index contributed by atoms with van der Waals surface area (Å²) in [7, 11) is 0. The zero-order valence-electron chi connectivity index (χ0n) is 14.1. The molecule has 1 aliphatic carbocycles. The van der Waals surface area contributed by atoms with Crippen molar-refractivity contribution in [3.63, 3.8) is 0 Å². The van der Waals surface area contributed by atoms with Crippen molar-refractivity contribution in [2.24, 2.45) is 0 Å². The third-order valence-electron chi connectivity index (χ3n) is 5.32. The summed E-state index contributed by atoms with van der Waals surface area (Å²) >= 11 is 0. The van der Waals surface area contributed by atoms with E-state index in [0.29, 0.717) is 6.04 Å². The molecule has 2 atom stereocenters. The van der Waals surface area contributed by atoms with Gasteiger partial charge in [-0.1, -0.05) is 43.2 Å². The smallest absolute Gasteiger partial charge is 0.320 e. The van der Waals surface area contributed by atoms with Crippen LogP contribution in [0, 0.1) is 0 Å². The second-order valence-electron chi connectivity index (χ2n) is 6.63. The molecule has 0 bridgehead atoms. The van der Waals surface area contributed by atoms with Crippen molar-refractivity contribution in [1.29, 1.82) is 0 Å². The molecule has 24 heavy (non-hydrogen) atoms. The zero-order chi connectivity index (χ0) is 16.5. The van der Waals surface area contributed by atoms with Crippen LogP contribution in [0.25, 0.3) is 11.1 Å². The molecule has 0 N–H and O–H groups in total. The molecular formula is C20H23N3O. The highest BCUT2D eigenvalue weighted by atomic mass is 16.2. The molecule has 2 unspecified atom stereocenters. The van der Waals surface area contributed by atoms with Crippen LogP contribution in [0.5, 0.6) is 0 Å². The minimum atomic E-state index is 0.120. The molecule has 2 amide bonds. The van der Waals surface area contributed by atoms with Gasteiger partial charge in [0.15, 0.2) is 0 Å². The van der Waals surface area contributed by atoms with Gasteiger partial charge in [0.1, 0.15) is 5.82 Å². The number of nitrogens with zero attached hydrogens (tertiary/aromatic N) is 3. The average Bonchev–Trinajstić information content (AvgIpc) is 2.94. The Balaban J connectivity index is 1.64. The number of anilines is 1. The van der Waals surface area contributed by atoms with Crippen molar-refractivity contribution >= 4 is 11.8 Å². The van der Waals surface area contributed by atoms with E-state index in [1.54, 1.807) is 0 Å². The van der Waals surface area contributed by atoms with Crippen molar-refractivity contribution < 1.29 is 4.79 Å². The first-order valence-corrected chi connectivity index (χ1v) is 8.91. The number of hydrogen-bond acceptors (Lipinski definition) is 2. The number of amides is 2. The quantitative estimate of drug-likeness (QED) is 0.844. The first kappa shape index (κ1) is 15.2. The first-order chi connectivity index (χ1) is 11.8. The van der Waals surface area contributed by atoms with Gasteiger partial charge in [-0.15, -0.1) is 0 Å². The molecule has 2 heterocycles. The molecule has 1 saturated carbocycles. The van der Waals surface area contributed by atoms with Gasteiger partial charge < -0.3 is 4.90 Å². The number of fused-ring (bicyclic) bond motifs is 1. The van der Waals surface area contributed by atoms with E-state index in [0.717, 1.165) is 36.3 Å². The number of likely N-dealkylation sites (N-methyl/N-ethyl adjacent to an activating group) is 1. The van der Waals surface area contributed by atoms with Gasteiger partial charge in [0.05, 0.1) is 12.1 Å². The van der Waals surface area contributed by atoms with Crippen LogP contribution >= 0.6 is 0 Å². The Morgan fingerprint density at radius 1 is 1.00 bits per heavy atom. The fraction of sp³-hybridized carbons (Fsp3) is 0.400. The summed E-state index contributed by atoms with van der Waals surface area (Å²) in [6, 6.07) is 15.0. The van der Waals surface area contributed by atoms with Crippen LogP contribution in [-0.4, -0.2) is 34.5 Å². The van der Waals surface area contributed by atoms with Crippen molar-refractivity contribution in [1.82, 2.24) is 9.88 Å². The van der Waals surface area contributed by atoms with Crippen LogP contribution in [0.1, 0.15) is 32.6 Å². The predicted molar refractivity (Wildman–Crippen MR) is 96.0 cm³/mol. The second-order valence-corrected chi connectivity index (χ2v) is 6.63. The lowest BCUT2D eigenvalue weighted by Gasteiger charge is -2.31. The van der Waals surface area contributed by atoms with Gasteiger partial charge in [-0.3, -0.25) is 4.90 Å². The lowest BCUT2D eigenvalue weighted by Crippen LogP contribution is -2.40. The van der Waals surface area contributed by atoms with E-state index in [9.17, 15) is 4.79 Å². The zero-order valence-corrected chi connectivity index (χ0v) is 14.1. The molecule has 4 heteroatoms. The number of aromatic nitrogens is 1. The summed E-state index contributed by atoms with van der Waals surface area (Å²) in [5.74, 6) is 0.785. The topological polar surface area (TPSA) is 36.4 Å². The molecule has 1 aromatic carbocycles. The highest BCUT2D eigenvalue weighted by molar-refractivity contribution is 5.94. The number of hydrogen-bond donors (Lipinski definition) is 0. The molecule has 2 fully saturated rings. The summed E-state index contributed by atoms with van der Waals surface area (Å²) in [6.45, 7) is 2.84. The molecule has 4 nitrogen and oxygen atoms in total. The Kier molecular flexibility index (Phi) is 3.97. The van der Waals surface area contributed by atoms with Crippen LogP contribution in [0.3, 0.4) is 0 Å². The monoisotopic (exact) mass is 321 g/mol. The maximum atomic E-state index is 12.9. The Morgan fingerprint density at radius 3 is 2.42 bits per heavy atom. The molecular weight excluding hydrogens is 298 g/mol. The van der Waals surface area contributed by atoms with Gasteiger partial charge in [0.25, 0.3) is 0 Å². The number of pyridine rings is 1. The van der Waals surface area contributed by atoms with Gasteiger partial charge in [-0.05, 0) is 37.5 Å². The molecule has 124 valence electrons. The lowest BCUT2D eigenvalue weighted by molar-refractivity contribution is 0.195. The fourth-order valence-corrected chi connectivity index (χ4v) is 4.15. The van der Waals surface area contributed by atoms with Gasteiger partial charge in [0.2, 0.25) is 0 Å². The van der Waals surface area contributed by atoms with Gasteiger partial charge in [0, 0.05) is 18.3 Å². The molecule has 1 aliphatic heterocycles. The maximum absolute atomic E-state index is 12.9. The van der Waals surface area contributed by atoms with Crippen molar-refractivity contribution in [3.8, 4) is 11.1 Å². The molecule has 1 aromatic heterocycles. The summed E-state index contributed by atoms with van der Waals surface area (Å²) in [4.78, 5) is 21.5. The van der Waals surface area contributed by atoms with Crippen molar-refractivity contribution in [2.75, 3.05) is 11.4 Å². The number of rotatable bonds is 3. The second kappa shape index (κ2) is 6.27. The molecule has 2 aromatic rings. The Hall–Kier alpha value is -2.36. The number of benzene rings is 1. The highest BCUT2D eigenvalue weighted by Gasteiger charge is 2.46. The van der Waals surface area contributed by atoms with E-state index in [1.165, 1.54) is 12.8 Å². The predicted octanol–water partition coefficient (Wildman–Crippen LogP) is 4.32. The Morgan fingerprint density at radius 2 is 1.75 bits per heavy atom. The van der Waals surface area contributed by atoms with Gasteiger partial charge in [-0.2, -0.15) is 0 Å². The van der Waals surface area contributed by atoms with Crippen LogP contribution in [-0.2, 0) is 0 Å². The number of carbonyl (C=O) groups excluding carboxylic acids is 1. The first-order valence-electron chi connectivity index (χ1n) is 8.91. The fourth-order valence-electron chi connectivity index (χ4n) is 4.15. The minimum Gasteiger partial charge on any atom is -0.320 e. The molecule has 4 rings (SSSR count). The average molecular weight is 321 g/mol. The summed E-state index contributed by atoms with van der Waals surface area (Å²) < 4.78 is 0. The van der Waals surface area contributed by atoms with Gasteiger partial charge >= 0.3 is 6.03 Å². The number of urea groups is 1. The van der Waals surface area contributed by atoms with E-state index in [2.05, 4.69) is 30.1 Å². The van der Waals surface area contributed by atoms with Crippen LogP contribution < -0.4 is 4.90 Å². The van der Waals surface area contributed by atoms with Gasteiger partial charge in [-0.25, -0.2) is 9.78 Å². The van der Waals surface area contributed by atoms with Crippen LogP contribution in [0.4, 0.5) is 10.6 Å². The molecule has 0 spiro atoms. The minimum absolute atomic E-state index is 0.120. The summed E-state index contributed by atoms with van der Waals surface area (Å²) in [6.07, 6.45) is 6.49. The standard InChI is InChI=1S/C20H23N3O/c1-2-22-17-10-6-7-11-18(17)23(20(22)24)19-13-12-16(14-21-19)15-8-4-3-5-9-15/h3-5,8-9,12-14,17-18H,2,6-7,10-11H2,1H3. The normalized spacial score (nSPS) is 23.5. The Bertz CT molecular complexity index is 713. The summed E-state index contributed by atoms with van der Waals surface area (Å²) in [5, 5.41) is 0. The van der Waals surface area contributed by atoms with E-state index in [4.69, 9.17) is 0 Å². The number of carbonyl (C=O) groups is 1. The lowest BCUT2D eigenvalue weighted by atomic mass is 9.90. The maximum Gasteiger partial charge on any atom is 0.326 e. The molecule has 1 saturated heterocycles. The van der Waals surface area contributed by atoms with Crippen molar-refractivity contribution in [2.45, 2.75) is 44.7 Å².